The molecule has 0 atom stereocenters. The van der Waals surface area contributed by atoms with Gasteiger partial charge in [0.15, 0.2) is 0 Å². The number of fused-ring (bicyclic) bond motifs is 1. The minimum Gasteiger partial charge on any atom is -0.312 e. The Morgan fingerprint density at radius 1 is 1.14 bits per heavy atom. The van der Waals surface area contributed by atoms with Crippen LogP contribution in [0.4, 0.5) is 5.69 Å². The maximum Gasteiger partial charge on any atom is 0.250 e. The Morgan fingerprint density at radius 3 is 2.71 bits per heavy atom. The number of nitrogens with zero attached hydrogens (tertiary/aromatic N) is 3. The molecular weight excluding hydrogens is 262 g/mol. The van der Waals surface area contributed by atoms with Gasteiger partial charge in [-0.3, -0.25) is 4.79 Å². The van der Waals surface area contributed by atoms with Crippen molar-refractivity contribution in [3.63, 3.8) is 0 Å². The third-order valence-electron chi connectivity index (χ3n) is 3.32. The molecule has 1 amide bonds. The molecule has 2 aromatic heterocycles. The Morgan fingerprint density at radius 2 is 1.90 bits per heavy atom. The summed E-state index contributed by atoms with van der Waals surface area (Å²) < 4.78 is 1.94. The Kier molecular flexibility index (Phi) is 3.51. The minimum absolute atomic E-state index is 0.0768. The first-order valence-electron chi connectivity index (χ1n) is 6.68. The molecule has 1 aromatic carbocycles. The van der Waals surface area contributed by atoms with Gasteiger partial charge in [-0.2, -0.15) is 0 Å². The van der Waals surface area contributed by atoms with E-state index in [0.29, 0.717) is 0 Å². The van der Waals surface area contributed by atoms with Crippen molar-refractivity contribution in [3.05, 3.63) is 72.7 Å². The molecule has 0 aliphatic rings. The SMILES string of the molecule is CN(C(=O)/C=C/c1cnc2ccccn12)c1ccccc1. The molecule has 2 heterocycles. The predicted octanol–water partition coefficient (Wildman–Crippen LogP) is 3.01. The van der Waals surface area contributed by atoms with Crippen molar-refractivity contribution >= 4 is 23.3 Å². The van der Waals surface area contributed by atoms with E-state index in [1.807, 2.05) is 59.1 Å². The van der Waals surface area contributed by atoms with Crippen LogP contribution in [0.15, 0.2) is 67.0 Å². The number of pyridine rings is 1. The Hall–Kier alpha value is -2.88. The number of benzene rings is 1. The summed E-state index contributed by atoms with van der Waals surface area (Å²) in [7, 11) is 1.76. The zero-order valence-corrected chi connectivity index (χ0v) is 11.7. The second kappa shape index (κ2) is 5.63. The molecule has 0 aliphatic heterocycles. The van der Waals surface area contributed by atoms with Gasteiger partial charge in [-0.15, -0.1) is 0 Å². The van der Waals surface area contributed by atoms with Crippen LogP contribution in [-0.4, -0.2) is 22.3 Å². The lowest BCUT2D eigenvalue weighted by molar-refractivity contribution is -0.113. The number of carbonyl (C=O) groups is 1. The van der Waals surface area contributed by atoms with Gasteiger partial charge in [0.05, 0.1) is 11.9 Å². The average Bonchev–Trinajstić information content (AvgIpc) is 2.96. The molecule has 0 N–H and O–H groups in total. The number of imidazole rings is 1. The molecule has 0 saturated carbocycles. The van der Waals surface area contributed by atoms with E-state index in [1.165, 1.54) is 0 Å². The number of para-hydroxylation sites is 1. The van der Waals surface area contributed by atoms with Crippen molar-refractivity contribution in [2.75, 3.05) is 11.9 Å². The molecule has 0 bridgehead atoms. The van der Waals surface area contributed by atoms with E-state index < -0.39 is 0 Å². The smallest absolute Gasteiger partial charge is 0.250 e. The number of likely N-dealkylation sites (N-methyl/N-ethyl adjacent to an activating group) is 1. The van der Waals surface area contributed by atoms with Gasteiger partial charge >= 0.3 is 0 Å². The number of amides is 1. The first-order valence-corrected chi connectivity index (χ1v) is 6.68. The van der Waals surface area contributed by atoms with Gasteiger partial charge in [-0.25, -0.2) is 4.98 Å². The summed E-state index contributed by atoms with van der Waals surface area (Å²) in [5, 5.41) is 0. The molecule has 0 aliphatic carbocycles. The Bertz CT molecular complexity index is 790. The fourth-order valence-corrected chi connectivity index (χ4v) is 2.12. The summed E-state index contributed by atoms with van der Waals surface area (Å²) in [4.78, 5) is 18.1. The first kappa shape index (κ1) is 13.1. The van der Waals surface area contributed by atoms with Gasteiger partial charge in [0, 0.05) is 25.0 Å². The fourth-order valence-electron chi connectivity index (χ4n) is 2.12. The van der Waals surface area contributed by atoms with Gasteiger partial charge in [-0.1, -0.05) is 24.3 Å². The molecule has 104 valence electrons. The molecule has 0 saturated heterocycles. The van der Waals surface area contributed by atoms with E-state index in [4.69, 9.17) is 0 Å². The van der Waals surface area contributed by atoms with Crippen LogP contribution in [-0.2, 0) is 4.79 Å². The van der Waals surface area contributed by atoms with Crippen LogP contribution < -0.4 is 4.90 Å². The Labute approximate surface area is 123 Å². The molecule has 0 unspecified atom stereocenters. The third-order valence-corrected chi connectivity index (χ3v) is 3.32. The normalized spacial score (nSPS) is 11.1. The number of hydrogen-bond acceptors (Lipinski definition) is 2. The maximum absolute atomic E-state index is 12.2. The maximum atomic E-state index is 12.2. The van der Waals surface area contributed by atoms with Crippen LogP contribution >= 0.6 is 0 Å². The highest BCUT2D eigenvalue weighted by Crippen LogP contribution is 2.12. The molecule has 0 radical (unpaired) electrons. The zero-order chi connectivity index (χ0) is 14.7. The van der Waals surface area contributed by atoms with Crippen molar-refractivity contribution in [1.82, 2.24) is 9.38 Å². The minimum atomic E-state index is -0.0768. The lowest BCUT2D eigenvalue weighted by Gasteiger charge is -2.14. The van der Waals surface area contributed by atoms with Crippen LogP contribution in [0.2, 0.25) is 0 Å². The van der Waals surface area contributed by atoms with Gasteiger partial charge < -0.3 is 9.30 Å². The summed E-state index contributed by atoms with van der Waals surface area (Å²) in [6, 6.07) is 15.3. The van der Waals surface area contributed by atoms with E-state index in [1.54, 1.807) is 30.3 Å². The van der Waals surface area contributed by atoms with E-state index in [9.17, 15) is 4.79 Å². The number of hydrogen-bond donors (Lipinski definition) is 0. The van der Waals surface area contributed by atoms with E-state index >= 15 is 0 Å². The summed E-state index contributed by atoms with van der Waals surface area (Å²) in [5.74, 6) is -0.0768. The lowest BCUT2D eigenvalue weighted by Crippen LogP contribution is -2.23. The highest BCUT2D eigenvalue weighted by Gasteiger charge is 2.07. The van der Waals surface area contributed by atoms with Crippen LogP contribution in [0, 0.1) is 0 Å². The van der Waals surface area contributed by atoms with Crippen molar-refractivity contribution < 1.29 is 4.79 Å². The number of carbonyl (C=O) groups excluding carboxylic acids is 1. The number of anilines is 1. The van der Waals surface area contributed by atoms with Gasteiger partial charge in [0.25, 0.3) is 5.91 Å². The number of rotatable bonds is 3. The molecule has 3 aromatic rings. The van der Waals surface area contributed by atoms with Crippen LogP contribution in [0.5, 0.6) is 0 Å². The number of aromatic nitrogens is 2. The summed E-state index contributed by atoms with van der Waals surface area (Å²) >= 11 is 0. The zero-order valence-electron chi connectivity index (χ0n) is 11.7. The van der Waals surface area contributed by atoms with Crippen molar-refractivity contribution in [1.29, 1.82) is 0 Å². The topological polar surface area (TPSA) is 37.6 Å². The van der Waals surface area contributed by atoms with Crippen molar-refractivity contribution in [2.45, 2.75) is 0 Å². The standard InChI is InChI=1S/C17H15N3O/c1-19(14-7-3-2-4-8-14)17(21)11-10-15-13-18-16-9-5-6-12-20(15)16/h2-13H,1H3/b11-10+. The third kappa shape index (κ3) is 2.69. The van der Waals surface area contributed by atoms with Crippen LogP contribution in [0.3, 0.4) is 0 Å². The summed E-state index contributed by atoms with van der Waals surface area (Å²) in [6.45, 7) is 0. The molecule has 21 heavy (non-hydrogen) atoms. The first-order chi connectivity index (χ1) is 10.3. The van der Waals surface area contributed by atoms with Gasteiger partial charge in [0.1, 0.15) is 5.65 Å². The second-order valence-electron chi connectivity index (χ2n) is 4.68. The quantitative estimate of drug-likeness (QED) is 0.690. The van der Waals surface area contributed by atoms with Crippen LogP contribution in [0.1, 0.15) is 5.69 Å². The van der Waals surface area contributed by atoms with Crippen LogP contribution in [0.25, 0.3) is 11.7 Å². The Balaban J connectivity index is 1.81. The summed E-state index contributed by atoms with van der Waals surface area (Å²) in [6.07, 6.45) is 7.01. The molecule has 0 fully saturated rings. The van der Waals surface area contributed by atoms with E-state index in [0.717, 1.165) is 17.0 Å². The largest absolute Gasteiger partial charge is 0.312 e. The molecule has 3 rings (SSSR count). The van der Waals surface area contributed by atoms with Gasteiger partial charge in [-0.05, 0) is 30.3 Å². The monoisotopic (exact) mass is 277 g/mol. The van der Waals surface area contributed by atoms with Gasteiger partial charge in [0.2, 0.25) is 0 Å². The summed E-state index contributed by atoms with van der Waals surface area (Å²) in [5.41, 5.74) is 2.60. The fraction of sp³-hybridized carbons (Fsp3) is 0.0588. The van der Waals surface area contributed by atoms with E-state index in [2.05, 4.69) is 4.98 Å². The molecule has 0 spiro atoms. The predicted molar refractivity (Wildman–Crippen MR) is 84.1 cm³/mol. The molecule has 4 nitrogen and oxygen atoms in total. The highest BCUT2D eigenvalue weighted by atomic mass is 16.2. The van der Waals surface area contributed by atoms with E-state index in [-0.39, 0.29) is 5.91 Å². The van der Waals surface area contributed by atoms with Crippen molar-refractivity contribution in [3.8, 4) is 0 Å². The molecular formula is C17H15N3O. The lowest BCUT2D eigenvalue weighted by atomic mass is 10.3. The highest BCUT2D eigenvalue weighted by molar-refractivity contribution is 6.03. The average molecular weight is 277 g/mol. The molecule has 4 heteroatoms. The second-order valence-corrected chi connectivity index (χ2v) is 4.68. The van der Waals surface area contributed by atoms with Crippen molar-refractivity contribution in [2.24, 2.45) is 0 Å².